The third kappa shape index (κ3) is 5.52. The summed E-state index contributed by atoms with van der Waals surface area (Å²) in [4.78, 5) is 17.2. The third-order valence-corrected chi connectivity index (χ3v) is 5.54. The first kappa shape index (κ1) is 19.4. The summed E-state index contributed by atoms with van der Waals surface area (Å²) in [6, 6.07) is 5.93. The molecule has 3 N–H and O–H groups in total. The maximum Gasteiger partial charge on any atom is 0.319 e. The molecule has 1 aliphatic heterocycles. The fraction of sp³-hybridized carbons (Fsp3) is 0.500. The van der Waals surface area contributed by atoms with Gasteiger partial charge in [0.1, 0.15) is 0 Å². The van der Waals surface area contributed by atoms with Crippen molar-refractivity contribution < 1.29 is 32.7 Å². The second kappa shape index (κ2) is 8.93. The molecule has 1 aliphatic rings. The van der Waals surface area contributed by atoms with E-state index in [0.717, 1.165) is 6.42 Å². The minimum Gasteiger partial charge on any atom is -0.385 e. The predicted molar refractivity (Wildman–Crippen MR) is 89.6 cm³/mol. The second-order valence-corrected chi connectivity index (χ2v) is 7.74. The van der Waals surface area contributed by atoms with E-state index in [1.54, 1.807) is 0 Å². The summed E-state index contributed by atoms with van der Waals surface area (Å²) in [5.41, 5.74) is 5.89. The van der Waals surface area contributed by atoms with Crippen molar-refractivity contribution in [2.24, 2.45) is 5.73 Å². The van der Waals surface area contributed by atoms with E-state index in [9.17, 15) is 13.2 Å². The average Bonchev–Trinajstić information content (AvgIpc) is 3.09. The third-order valence-electron chi connectivity index (χ3n) is 3.73. The topological polar surface area (TPSA) is 119 Å². The molecule has 1 amide bonds. The Morgan fingerprint density at radius 1 is 1.36 bits per heavy atom. The van der Waals surface area contributed by atoms with Crippen LogP contribution < -0.4 is 10.9 Å². The number of carbonyl (C=O) groups excluding carboxylic acids is 1. The van der Waals surface area contributed by atoms with E-state index in [1.807, 2.05) is 0 Å². The van der Waals surface area contributed by atoms with Crippen LogP contribution in [0.25, 0.3) is 0 Å². The maximum atomic E-state index is 12.2. The molecule has 1 atom stereocenters. The summed E-state index contributed by atoms with van der Waals surface area (Å²) in [5.74, 6) is -0.704. The lowest BCUT2D eigenvalue weighted by molar-refractivity contribution is -0.762. The minimum absolute atomic E-state index is 0.00435. The van der Waals surface area contributed by atoms with Gasteiger partial charge in [0.2, 0.25) is 0 Å². The molecule has 138 valence electrons. The first-order valence-corrected chi connectivity index (χ1v) is 9.57. The number of amides is 1. The number of benzene rings is 1. The van der Waals surface area contributed by atoms with Crippen molar-refractivity contribution >= 4 is 21.5 Å². The molecule has 0 bridgehead atoms. The minimum atomic E-state index is -3.39. The van der Waals surface area contributed by atoms with E-state index in [2.05, 4.69) is 5.16 Å². The number of ether oxygens (including phenoxy) is 2. The van der Waals surface area contributed by atoms with Crippen LogP contribution in [0, 0.1) is 0 Å². The molecule has 1 fully saturated rings. The van der Waals surface area contributed by atoms with Gasteiger partial charge in [-0.2, -0.15) is 0 Å². The number of methoxy groups -OCH3 is 1. The summed E-state index contributed by atoms with van der Waals surface area (Å²) in [5, 5.41) is 2.57. The van der Waals surface area contributed by atoms with Gasteiger partial charge in [0.25, 0.3) is 0 Å². The molecule has 0 radical (unpaired) electrons. The van der Waals surface area contributed by atoms with Crippen LogP contribution in [-0.4, -0.2) is 58.8 Å². The van der Waals surface area contributed by atoms with E-state index in [1.165, 1.54) is 31.4 Å². The Kier molecular flexibility index (Phi) is 6.91. The van der Waals surface area contributed by atoms with Gasteiger partial charge in [-0.25, -0.2) is 8.42 Å². The highest BCUT2D eigenvalue weighted by molar-refractivity contribution is 7.91. The van der Waals surface area contributed by atoms with Crippen molar-refractivity contribution in [1.29, 1.82) is 0 Å². The Labute approximate surface area is 146 Å². The number of rotatable bonds is 9. The molecule has 0 aliphatic carbocycles. The quantitative estimate of drug-likeness (QED) is 0.312. The maximum absolute atomic E-state index is 12.2. The molecule has 1 aromatic carbocycles. The van der Waals surface area contributed by atoms with Crippen LogP contribution in [0.1, 0.15) is 18.4 Å². The lowest BCUT2D eigenvalue weighted by Gasteiger charge is -2.05. The monoisotopic (exact) mass is 371 g/mol. The van der Waals surface area contributed by atoms with Crippen molar-refractivity contribution in [2.45, 2.75) is 23.8 Å². The van der Waals surface area contributed by atoms with Gasteiger partial charge in [0.05, 0.1) is 29.4 Å². The van der Waals surface area contributed by atoms with Crippen LogP contribution in [0.3, 0.4) is 0 Å². The second-order valence-electron chi connectivity index (χ2n) is 5.63. The fourth-order valence-corrected chi connectivity index (χ4v) is 3.62. The van der Waals surface area contributed by atoms with Crippen LogP contribution in [0.5, 0.6) is 0 Å². The zero-order valence-corrected chi connectivity index (χ0v) is 14.9. The number of nitrogens with one attached hydrogen (secondary N) is 1. The molecular weight excluding hydrogens is 348 g/mol. The van der Waals surface area contributed by atoms with Gasteiger partial charge in [0, 0.05) is 20.1 Å². The molecule has 0 aromatic heterocycles. The van der Waals surface area contributed by atoms with Crippen molar-refractivity contribution in [2.75, 3.05) is 32.7 Å². The summed E-state index contributed by atoms with van der Waals surface area (Å²) >= 11 is 0. The Morgan fingerprint density at radius 2 is 2.08 bits per heavy atom. The Balaban J connectivity index is 2.12. The van der Waals surface area contributed by atoms with Gasteiger partial charge in [-0.15, -0.1) is 0 Å². The van der Waals surface area contributed by atoms with Gasteiger partial charge >= 0.3 is 11.6 Å². The highest BCUT2D eigenvalue weighted by Gasteiger charge is 2.24. The number of primary amides is 1. The molecule has 25 heavy (non-hydrogen) atoms. The first-order valence-electron chi connectivity index (χ1n) is 7.92. The van der Waals surface area contributed by atoms with Crippen LogP contribution in [0.15, 0.2) is 29.2 Å². The van der Waals surface area contributed by atoms with E-state index in [4.69, 9.17) is 20.0 Å². The van der Waals surface area contributed by atoms with Gasteiger partial charge in [0.15, 0.2) is 15.9 Å². The van der Waals surface area contributed by atoms with Crippen LogP contribution in [0.2, 0.25) is 0 Å². The molecule has 0 saturated carbocycles. The Hall–Kier alpha value is -1.97. The lowest BCUT2D eigenvalue weighted by atomic mass is 10.1. The van der Waals surface area contributed by atoms with E-state index in [0.29, 0.717) is 31.8 Å². The fourth-order valence-electron chi connectivity index (χ4n) is 2.34. The van der Waals surface area contributed by atoms with E-state index < -0.39 is 15.7 Å². The summed E-state index contributed by atoms with van der Waals surface area (Å²) in [7, 11) is -1.87. The van der Waals surface area contributed by atoms with Crippen molar-refractivity contribution in [3.63, 3.8) is 0 Å². The Bertz CT molecular complexity index is 709. The molecule has 1 aromatic rings. The summed E-state index contributed by atoms with van der Waals surface area (Å²) < 4.78 is 34.5. The Morgan fingerprint density at radius 3 is 2.64 bits per heavy atom. The molecule has 0 unspecified atom stereocenters. The predicted octanol–water partition coefficient (Wildman–Crippen LogP) is -1.43. The van der Waals surface area contributed by atoms with Crippen molar-refractivity contribution in [3.05, 3.63) is 29.8 Å². The highest BCUT2D eigenvalue weighted by Crippen LogP contribution is 2.13. The van der Waals surface area contributed by atoms with E-state index >= 15 is 0 Å². The van der Waals surface area contributed by atoms with Gasteiger partial charge in [-0.1, -0.05) is 0 Å². The molecule has 2 rings (SSSR count). The van der Waals surface area contributed by atoms with Gasteiger partial charge in [-0.05, 0) is 35.8 Å². The highest BCUT2D eigenvalue weighted by atomic mass is 32.2. The van der Waals surface area contributed by atoms with Crippen LogP contribution in [0.4, 0.5) is 0 Å². The number of carbonyl (C=O) groups is 1. The van der Waals surface area contributed by atoms with Gasteiger partial charge < -0.3 is 15.2 Å². The number of hydrogen-bond acceptors (Lipinski definition) is 6. The summed E-state index contributed by atoms with van der Waals surface area (Å²) in [6.45, 7) is 1.43. The zero-order chi connectivity index (χ0) is 18.3. The smallest absolute Gasteiger partial charge is 0.319 e. The number of nitrogens with two attached hydrogens (primary N) is 1. The molecule has 1 saturated heterocycles. The van der Waals surface area contributed by atoms with E-state index in [-0.39, 0.29) is 22.5 Å². The van der Waals surface area contributed by atoms with Crippen molar-refractivity contribution in [1.82, 2.24) is 0 Å². The average molecular weight is 371 g/mol. The zero-order valence-electron chi connectivity index (χ0n) is 14.1. The molecule has 1 heterocycles. The SMILES string of the molecule is COCCCS(=O)(=O)c1ccc(/C(=[NH+]\O[C@@H]2CCOC2)C(N)=O)cc1. The largest absolute Gasteiger partial charge is 0.385 e. The molecule has 8 nitrogen and oxygen atoms in total. The molecular formula is C16H23N2O6S+. The van der Waals surface area contributed by atoms with Crippen LogP contribution >= 0.6 is 0 Å². The van der Waals surface area contributed by atoms with Gasteiger partial charge in [-0.3, -0.25) is 9.63 Å². The number of hydrogen-bond donors (Lipinski definition) is 2. The molecule has 0 spiro atoms. The lowest BCUT2D eigenvalue weighted by Crippen LogP contribution is -2.76. The van der Waals surface area contributed by atoms with Crippen LogP contribution in [-0.2, 0) is 28.9 Å². The standard InChI is InChI=1S/C16H22N2O6S/c1-22-8-2-10-25(20,21)14-5-3-12(4-6-14)15(16(17)19)18-24-13-7-9-23-11-13/h3-6,13H,2,7-11H2,1H3,(H2,17,19)/p+1/b18-15+/t13-/m1/s1. The molecule has 9 heteroatoms. The number of sulfone groups is 1. The normalized spacial score (nSPS) is 18.3. The summed E-state index contributed by atoms with van der Waals surface area (Å²) in [6.07, 6.45) is 0.977. The van der Waals surface area contributed by atoms with Crippen molar-refractivity contribution in [3.8, 4) is 0 Å². The first-order chi connectivity index (χ1) is 11.9.